The van der Waals surface area contributed by atoms with Gasteiger partial charge in [0.15, 0.2) is 0 Å². The number of rotatable bonds is 5. The van der Waals surface area contributed by atoms with Crippen LogP contribution in [0, 0.1) is 0 Å². The van der Waals surface area contributed by atoms with Crippen molar-refractivity contribution in [3.63, 3.8) is 0 Å². The Hall–Kier alpha value is -3.48. The van der Waals surface area contributed by atoms with Gasteiger partial charge in [-0.05, 0) is 73.3 Å². The van der Waals surface area contributed by atoms with Crippen LogP contribution in [0.3, 0.4) is 0 Å². The zero-order valence-corrected chi connectivity index (χ0v) is 18.3. The largest absolute Gasteiger partial charge is 0.462 e. The molecule has 1 heterocycles. The lowest BCUT2D eigenvalue weighted by Crippen LogP contribution is -2.51. The van der Waals surface area contributed by atoms with Gasteiger partial charge in [-0.3, -0.25) is 0 Å². The molecule has 3 aromatic carbocycles. The number of esters is 2. The van der Waals surface area contributed by atoms with E-state index in [1.807, 2.05) is 30.3 Å². The first-order valence-corrected chi connectivity index (χ1v) is 11.2. The maximum atomic E-state index is 13.1. The predicted octanol–water partition coefficient (Wildman–Crippen LogP) is 3.91. The molecule has 0 saturated carbocycles. The molecule has 1 aliphatic heterocycles. The van der Waals surface area contributed by atoms with Crippen LogP contribution in [0.15, 0.2) is 42.5 Å². The Morgan fingerprint density at radius 3 is 2.19 bits per heavy atom. The Morgan fingerprint density at radius 1 is 0.906 bits per heavy atom. The fraction of sp³-hybridized carbons (Fsp3) is 0.280. The number of hydrogen-bond donors (Lipinski definition) is 2. The summed E-state index contributed by atoms with van der Waals surface area (Å²) in [5.41, 5.74) is 5.59. The van der Waals surface area contributed by atoms with Crippen LogP contribution in [-0.4, -0.2) is 32.1 Å². The fourth-order valence-corrected chi connectivity index (χ4v) is 4.95. The van der Waals surface area contributed by atoms with Crippen LogP contribution >= 0.6 is 0 Å². The monoisotopic (exact) mass is 428 g/mol. The highest BCUT2D eigenvalue weighted by Crippen LogP contribution is 2.35. The summed E-state index contributed by atoms with van der Waals surface area (Å²) in [5.74, 6) is -0.697. The van der Waals surface area contributed by atoms with Gasteiger partial charge >= 0.3 is 18.9 Å². The molecule has 5 rings (SSSR count). The molecule has 0 spiro atoms. The molecule has 2 N–H and O–H groups in total. The second kappa shape index (κ2) is 8.22. The number of benzene rings is 3. The molecule has 0 fully saturated rings. The van der Waals surface area contributed by atoms with E-state index >= 15 is 0 Å². The number of carbonyl (C=O) groups excluding carboxylic acids is 2. The van der Waals surface area contributed by atoms with E-state index in [0.717, 1.165) is 52.5 Å². The van der Waals surface area contributed by atoms with Crippen molar-refractivity contribution in [2.24, 2.45) is 0 Å². The highest BCUT2D eigenvalue weighted by atomic mass is 16.5. The SMILES string of the molecule is CCOC(=O)c1cc(B2Nc3cccc4cccc(c34)N2)c(C(=O)OCC)c2c1CCC2. The summed E-state index contributed by atoms with van der Waals surface area (Å²) in [4.78, 5) is 25.9. The van der Waals surface area contributed by atoms with Gasteiger partial charge in [0.1, 0.15) is 0 Å². The van der Waals surface area contributed by atoms with Gasteiger partial charge in [-0.1, -0.05) is 24.3 Å². The number of fused-ring (bicyclic) bond motifs is 1. The van der Waals surface area contributed by atoms with Gasteiger partial charge in [0.05, 0.1) is 24.3 Å². The van der Waals surface area contributed by atoms with Gasteiger partial charge in [0, 0.05) is 16.8 Å². The Morgan fingerprint density at radius 2 is 1.53 bits per heavy atom. The van der Waals surface area contributed by atoms with E-state index in [9.17, 15) is 9.59 Å². The molecule has 0 atom stereocenters. The Balaban J connectivity index is 1.68. The molecular weight excluding hydrogens is 403 g/mol. The molecule has 6 nitrogen and oxygen atoms in total. The van der Waals surface area contributed by atoms with Gasteiger partial charge in [0.25, 0.3) is 0 Å². The lowest BCUT2D eigenvalue weighted by atomic mass is 9.62. The third kappa shape index (κ3) is 3.29. The van der Waals surface area contributed by atoms with Crippen molar-refractivity contribution < 1.29 is 19.1 Å². The molecule has 0 amide bonds. The van der Waals surface area contributed by atoms with Crippen molar-refractivity contribution in [3.05, 3.63) is 64.7 Å². The molecule has 0 radical (unpaired) electrons. The number of anilines is 2. The van der Waals surface area contributed by atoms with E-state index in [1.54, 1.807) is 13.8 Å². The first kappa shape index (κ1) is 20.4. The first-order chi connectivity index (χ1) is 15.6. The lowest BCUT2D eigenvalue weighted by molar-refractivity contribution is 0.0511. The maximum Gasteiger partial charge on any atom is 0.407 e. The standard InChI is InChI=1S/C25H25BN2O4/c1-3-31-24(29)18-14-19(23(25(30)32-4-2)17-11-7-10-16(17)18)26-27-20-12-5-8-15-9-6-13-21(28-26)22(15)20/h5-6,8-9,12-14,27-28H,3-4,7,10-11H2,1-2H3. The van der Waals surface area contributed by atoms with Crippen LogP contribution in [0.1, 0.15) is 52.1 Å². The van der Waals surface area contributed by atoms with Crippen LogP contribution in [0.2, 0.25) is 0 Å². The zero-order valence-electron chi connectivity index (χ0n) is 18.3. The van der Waals surface area contributed by atoms with E-state index < -0.39 is 6.98 Å². The minimum Gasteiger partial charge on any atom is -0.462 e. The number of ether oxygens (including phenoxy) is 2. The minimum absolute atomic E-state index is 0.292. The highest BCUT2D eigenvalue weighted by Gasteiger charge is 2.35. The molecule has 1 aliphatic carbocycles. The number of carbonyl (C=O) groups is 2. The van der Waals surface area contributed by atoms with Crippen molar-refractivity contribution in [2.45, 2.75) is 33.1 Å². The van der Waals surface area contributed by atoms with Crippen molar-refractivity contribution >= 4 is 46.5 Å². The minimum atomic E-state index is -0.394. The highest BCUT2D eigenvalue weighted by molar-refractivity contribution is 6.81. The van der Waals surface area contributed by atoms with Crippen molar-refractivity contribution in [1.29, 1.82) is 0 Å². The van der Waals surface area contributed by atoms with E-state index in [4.69, 9.17) is 9.47 Å². The van der Waals surface area contributed by atoms with Crippen LogP contribution < -0.4 is 15.9 Å². The number of nitrogens with one attached hydrogen (secondary N) is 2. The summed E-state index contributed by atoms with van der Waals surface area (Å²) in [7, 11) is 0. The summed E-state index contributed by atoms with van der Waals surface area (Å²) in [6, 6.07) is 14.0. The second-order valence-corrected chi connectivity index (χ2v) is 8.07. The van der Waals surface area contributed by atoms with E-state index in [2.05, 4.69) is 22.6 Å². The van der Waals surface area contributed by atoms with E-state index in [0.29, 0.717) is 29.8 Å². The zero-order chi connectivity index (χ0) is 22.2. The Labute approximate surface area is 187 Å². The van der Waals surface area contributed by atoms with E-state index in [1.165, 1.54) is 0 Å². The molecule has 32 heavy (non-hydrogen) atoms. The maximum absolute atomic E-state index is 13.1. The van der Waals surface area contributed by atoms with Gasteiger partial charge in [-0.2, -0.15) is 0 Å². The first-order valence-electron chi connectivity index (χ1n) is 11.2. The number of hydrogen-bond acceptors (Lipinski definition) is 6. The van der Waals surface area contributed by atoms with Gasteiger partial charge in [-0.15, -0.1) is 0 Å². The van der Waals surface area contributed by atoms with Crippen molar-refractivity contribution in [2.75, 3.05) is 23.7 Å². The molecular formula is C25H25BN2O4. The average Bonchev–Trinajstić information content (AvgIpc) is 3.28. The molecule has 0 saturated heterocycles. The quantitative estimate of drug-likeness (QED) is 0.474. The summed E-state index contributed by atoms with van der Waals surface area (Å²) >= 11 is 0. The molecule has 7 heteroatoms. The summed E-state index contributed by atoms with van der Waals surface area (Å²) in [6.07, 6.45) is 2.39. The predicted molar refractivity (Wildman–Crippen MR) is 127 cm³/mol. The summed E-state index contributed by atoms with van der Waals surface area (Å²) in [6.45, 7) is 3.80. The van der Waals surface area contributed by atoms with Crippen LogP contribution in [-0.2, 0) is 22.3 Å². The lowest BCUT2D eigenvalue weighted by Gasteiger charge is -2.29. The average molecular weight is 428 g/mol. The normalized spacial score (nSPS) is 13.9. The molecule has 0 bridgehead atoms. The van der Waals surface area contributed by atoms with Gasteiger partial charge in [-0.25, -0.2) is 9.59 Å². The Kier molecular flexibility index (Phi) is 5.25. The fourth-order valence-electron chi connectivity index (χ4n) is 4.95. The third-order valence-electron chi connectivity index (χ3n) is 6.22. The van der Waals surface area contributed by atoms with Crippen LogP contribution in [0.4, 0.5) is 11.4 Å². The molecule has 162 valence electrons. The third-order valence-corrected chi connectivity index (χ3v) is 6.22. The van der Waals surface area contributed by atoms with E-state index in [-0.39, 0.29) is 11.9 Å². The van der Waals surface area contributed by atoms with Crippen molar-refractivity contribution in [1.82, 2.24) is 0 Å². The smallest absolute Gasteiger partial charge is 0.407 e. The molecule has 2 aliphatic rings. The summed E-state index contributed by atoms with van der Waals surface area (Å²) in [5, 5.41) is 9.30. The molecule has 3 aromatic rings. The van der Waals surface area contributed by atoms with Gasteiger partial charge < -0.3 is 19.9 Å². The second-order valence-electron chi connectivity index (χ2n) is 8.07. The van der Waals surface area contributed by atoms with Crippen molar-refractivity contribution in [3.8, 4) is 0 Å². The van der Waals surface area contributed by atoms with Gasteiger partial charge in [0.2, 0.25) is 0 Å². The Bertz CT molecular complexity index is 1200. The van der Waals surface area contributed by atoms with Crippen LogP contribution in [0.25, 0.3) is 10.8 Å². The topological polar surface area (TPSA) is 76.7 Å². The summed E-state index contributed by atoms with van der Waals surface area (Å²) < 4.78 is 10.8. The molecule has 0 unspecified atom stereocenters. The van der Waals surface area contributed by atoms with Crippen LogP contribution in [0.5, 0.6) is 0 Å². The molecule has 0 aromatic heterocycles.